The number of fused-ring (bicyclic) bond motifs is 12. The molecule has 6 heteroatoms. The molecule has 0 fully saturated rings. The van der Waals surface area contributed by atoms with Crippen molar-refractivity contribution < 1.29 is 18.9 Å². The van der Waals surface area contributed by atoms with Gasteiger partial charge in [0.05, 0.1) is 0 Å². The summed E-state index contributed by atoms with van der Waals surface area (Å²) in [6.45, 7) is 2.41. The van der Waals surface area contributed by atoms with Gasteiger partial charge in [0, 0.05) is 16.2 Å². The average molecular weight is 933 g/mol. The fourth-order valence-corrected chi connectivity index (χ4v) is 12.9. The second kappa shape index (κ2) is 15.3. The molecule has 2 atom stereocenters. The highest BCUT2D eigenvalue weighted by Gasteiger charge is 2.53. The average Bonchev–Trinajstić information content (AvgIpc) is 3.44. The van der Waals surface area contributed by atoms with Crippen LogP contribution in [0.5, 0.6) is 40.2 Å². The van der Waals surface area contributed by atoms with Crippen molar-refractivity contribution in [2.24, 2.45) is 0 Å². The molecule has 1 aliphatic carbocycles. The third-order valence-corrected chi connectivity index (χ3v) is 16.4. The Balaban J connectivity index is 0.852. The monoisotopic (exact) mass is 932 g/mol. The van der Waals surface area contributed by atoms with Gasteiger partial charge in [-0.25, -0.2) is 0 Å². The van der Waals surface area contributed by atoms with Crippen LogP contribution in [0.15, 0.2) is 231 Å². The smallest absolute Gasteiger partial charge is 0.260 e. The van der Waals surface area contributed by atoms with Crippen molar-refractivity contribution in [3.05, 3.63) is 231 Å². The van der Waals surface area contributed by atoms with Gasteiger partial charge >= 0.3 is 0 Å². The molecule has 5 aliphatic rings. The van der Waals surface area contributed by atoms with E-state index in [1.54, 1.807) is 0 Å². The minimum Gasteiger partial charge on any atom is -0.487 e. The summed E-state index contributed by atoms with van der Waals surface area (Å²) in [5.41, 5.74) is 14.5. The van der Waals surface area contributed by atoms with Crippen molar-refractivity contribution in [2.45, 2.75) is 18.3 Å². The van der Waals surface area contributed by atoms with Crippen LogP contribution in [0.25, 0.3) is 76.8 Å². The molecule has 16 rings (SSSR count). The van der Waals surface area contributed by atoms with Gasteiger partial charge in [-0.3, -0.25) is 0 Å². The van der Waals surface area contributed by atoms with Crippen LogP contribution in [0, 0.1) is 0 Å². The highest BCUT2D eigenvalue weighted by molar-refractivity contribution is 6.98. The Bertz CT molecular complexity index is 4220. The Morgan fingerprint density at radius 3 is 1.64 bits per heavy atom. The third-order valence-electron chi connectivity index (χ3n) is 16.4. The van der Waals surface area contributed by atoms with E-state index < -0.39 is 0 Å². The zero-order valence-electron chi connectivity index (χ0n) is 39.8. The molecule has 0 spiro atoms. The maximum absolute atomic E-state index is 7.02. The minimum absolute atomic E-state index is 0.0109. The van der Waals surface area contributed by atoms with Crippen LogP contribution in [0.4, 0.5) is 0 Å². The summed E-state index contributed by atoms with van der Waals surface area (Å²) in [7, 11) is 0. The summed E-state index contributed by atoms with van der Waals surface area (Å²) in [6.07, 6.45) is 8.68. The van der Waals surface area contributed by atoms with E-state index in [0.717, 1.165) is 107 Å². The Hall–Kier alpha value is -8.99. The lowest BCUT2D eigenvalue weighted by Crippen LogP contribution is -2.61. The molecule has 0 N–H and O–H groups in total. The topological polar surface area (TPSA) is 36.9 Å². The van der Waals surface area contributed by atoms with Gasteiger partial charge in [-0.1, -0.05) is 159 Å². The molecule has 11 aromatic carbocycles. The Morgan fingerprint density at radius 1 is 0.370 bits per heavy atom. The maximum atomic E-state index is 7.02. The van der Waals surface area contributed by atoms with E-state index >= 15 is 0 Å². The van der Waals surface area contributed by atoms with Crippen molar-refractivity contribution in [3.63, 3.8) is 0 Å². The molecule has 2 unspecified atom stereocenters. The molecule has 0 radical (unpaired) electrons. The van der Waals surface area contributed by atoms with Crippen LogP contribution < -0.4 is 46.3 Å². The Kier molecular flexibility index (Phi) is 8.51. The third kappa shape index (κ3) is 6.04. The van der Waals surface area contributed by atoms with Gasteiger partial charge in [0.15, 0.2) is 0 Å². The molecule has 0 saturated carbocycles. The van der Waals surface area contributed by atoms with Crippen LogP contribution in [-0.2, 0) is 0 Å². The number of allylic oxidation sites excluding steroid dienone is 2. The lowest BCUT2D eigenvalue weighted by atomic mass is 9.24. The van der Waals surface area contributed by atoms with E-state index in [2.05, 4.69) is 237 Å². The zero-order chi connectivity index (χ0) is 47.9. The van der Waals surface area contributed by atoms with Crippen LogP contribution in [0.3, 0.4) is 0 Å². The SMILES string of the molecule is CC12C=CC=CC1Oc1cc(-c3cc4ccccc4c4ccc(-c5cccc(-c6cc7ccccc7cc6-c6cc7c8c(c6)Oc6ccccc6B8c6ccccc6O7)c5)cc34)cc3c1B2c1ccccc1O3. The lowest BCUT2D eigenvalue weighted by molar-refractivity contribution is 0.209. The van der Waals surface area contributed by atoms with Crippen molar-refractivity contribution >= 4 is 73.1 Å². The first-order valence-electron chi connectivity index (χ1n) is 25.3. The van der Waals surface area contributed by atoms with Gasteiger partial charge in [0.2, 0.25) is 6.71 Å². The molecule has 340 valence electrons. The molecule has 0 amide bonds. The fraction of sp³-hybridized carbons (Fsp3) is 0.0448. The molecular weight excluding hydrogens is 890 g/mol. The zero-order valence-corrected chi connectivity index (χ0v) is 39.8. The molecular formula is C67H42B2O4. The van der Waals surface area contributed by atoms with E-state index in [1.807, 2.05) is 0 Å². The van der Waals surface area contributed by atoms with Crippen LogP contribution >= 0.6 is 0 Å². The number of hydrogen-bond acceptors (Lipinski definition) is 4. The normalized spacial score (nSPS) is 17.0. The largest absolute Gasteiger partial charge is 0.487 e. The van der Waals surface area contributed by atoms with Crippen LogP contribution in [0.1, 0.15) is 6.92 Å². The predicted octanol–water partition coefficient (Wildman–Crippen LogP) is 13.9. The molecule has 73 heavy (non-hydrogen) atoms. The van der Waals surface area contributed by atoms with E-state index in [4.69, 9.17) is 18.9 Å². The summed E-state index contributed by atoms with van der Waals surface area (Å²) in [6, 6.07) is 74.6. The van der Waals surface area contributed by atoms with Crippen molar-refractivity contribution in [2.75, 3.05) is 0 Å². The maximum Gasteiger partial charge on any atom is 0.260 e. The van der Waals surface area contributed by atoms with Gasteiger partial charge < -0.3 is 18.9 Å². The second-order valence-electron chi connectivity index (χ2n) is 20.4. The van der Waals surface area contributed by atoms with E-state index in [9.17, 15) is 0 Å². The Labute approximate surface area is 423 Å². The Morgan fingerprint density at radius 2 is 0.918 bits per heavy atom. The summed E-state index contributed by atoms with van der Waals surface area (Å²) >= 11 is 0. The highest BCUT2D eigenvalue weighted by atomic mass is 16.5. The summed E-state index contributed by atoms with van der Waals surface area (Å²) < 4.78 is 27.5. The molecule has 0 bridgehead atoms. The van der Waals surface area contributed by atoms with E-state index in [-0.39, 0.29) is 24.8 Å². The lowest BCUT2D eigenvalue weighted by Gasteiger charge is -2.47. The van der Waals surface area contributed by atoms with Crippen LogP contribution in [0.2, 0.25) is 5.31 Å². The summed E-state index contributed by atoms with van der Waals surface area (Å²) in [4.78, 5) is 0. The fourth-order valence-electron chi connectivity index (χ4n) is 12.9. The molecule has 4 aliphatic heterocycles. The van der Waals surface area contributed by atoms with E-state index in [1.165, 1.54) is 37.8 Å². The van der Waals surface area contributed by atoms with Gasteiger partial charge in [-0.15, -0.1) is 0 Å². The molecule has 11 aromatic rings. The van der Waals surface area contributed by atoms with Crippen LogP contribution in [-0.4, -0.2) is 19.5 Å². The summed E-state index contributed by atoms with van der Waals surface area (Å²) in [5, 5.41) is 6.84. The number of para-hydroxylation sites is 3. The number of rotatable bonds is 4. The highest BCUT2D eigenvalue weighted by Crippen LogP contribution is 2.51. The minimum atomic E-state index is -0.270. The van der Waals surface area contributed by atoms with Gasteiger partial charge in [-0.2, -0.15) is 0 Å². The quantitative estimate of drug-likeness (QED) is 0.130. The van der Waals surface area contributed by atoms with Gasteiger partial charge in [0.1, 0.15) is 46.4 Å². The number of benzene rings is 11. The standard InChI is InChI=1S/C67H42B2O4/c1-67-30-13-12-27-64(67)73-63-39-47(38-62-66(63)69(67)56-23-8-11-26-59(56)72-62)52-35-45-17-4-5-20-48(45)49-29-28-43(34-53(49)52)40-18-14-19-44(31-40)50-32-41-15-2-3-16-42(41)33-51(50)46-36-60-65-61(37-46)71-58-25-10-7-22-55(58)68(65)54-21-6-9-24-57(54)70-60/h2-39,64H,1H3. The first-order chi connectivity index (χ1) is 36.0. The van der Waals surface area contributed by atoms with E-state index in [0.29, 0.717) is 0 Å². The van der Waals surface area contributed by atoms with Gasteiger partial charge in [0.25, 0.3) is 6.71 Å². The molecule has 4 nitrogen and oxygen atoms in total. The first kappa shape index (κ1) is 40.7. The predicted molar refractivity (Wildman–Crippen MR) is 301 cm³/mol. The van der Waals surface area contributed by atoms with Gasteiger partial charge in [-0.05, 0) is 172 Å². The first-order valence-corrected chi connectivity index (χ1v) is 25.3. The molecule has 0 saturated heterocycles. The van der Waals surface area contributed by atoms with Crippen molar-refractivity contribution in [3.8, 4) is 84.8 Å². The number of ether oxygens (including phenoxy) is 4. The summed E-state index contributed by atoms with van der Waals surface area (Å²) in [5.74, 6) is 6.04. The second-order valence-corrected chi connectivity index (χ2v) is 20.4. The molecule has 0 aromatic heterocycles. The van der Waals surface area contributed by atoms with Crippen molar-refractivity contribution in [1.82, 2.24) is 0 Å². The molecule has 4 heterocycles. The number of hydrogen-bond donors (Lipinski definition) is 0. The van der Waals surface area contributed by atoms with Crippen molar-refractivity contribution in [1.29, 1.82) is 0 Å².